The Hall–Kier alpha value is -1.87. The van der Waals surface area contributed by atoms with Gasteiger partial charge >= 0.3 is 6.18 Å². The lowest BCUT2D eigenvalue weighted by molar-refractivity contribution is -0.261. The maximum Gasteiger partial charge on any atom is 0.422 e. The van der Waals surface area contributed by atoms with Crippen LogP contribution in [0.2, 0.25) is 0 Å². The Kier molecular flexibility index (Phi) is 4.21. The number of hydrogen-bond acceptors (Lipinski definition) is 5. The molecule has 2 aromatic heterocycles. The molecule has 0 radical (unpaired) electrons. The van der Waals surface area contributed by atoms with E-state index in [9.17, 15) is 23.4 Å². The number of alkyl halides is 3. The normalized spacial score (nSPS) is 29.9. The fraction of sp³-hybridized carbons (Fsp3) is 0.684. The van der Waals surface area contributed by atoms with Crippen LogP contribution in [0.4, 0.5) is 13.2 Å². The number of rotatable bonds is 2. The summed E-state index contributed by atoms with van der Waals surface area (Å²) in [4.78, 5) is 0. The molecular weight excluding hydrogens is 375 g/mol. The number of aromatic nitrogens is 3. The average molecular weight is 399 g/mol. The lowest BCUT2D eigenvalue weighted by Gasteiger charge is -2.34. The van der Waals surface area contributed by atoms with Crippen LogP contribution >= 0.6 is 0 Å². The minimum atomic E-state index is -4.86. The highest BCUT2D eigenvalue weighted by atomic mass is 19.4. The molecule has 2 aliphatic carbocycles. The molecule has 2 aliphatic rings. The van der Waals surface area contributed by atoms with Crippen molar-refractivity contribution < 1.29 is 27.9 Å². The zero-order chi connectivity index (χ0) is 20.5. The van der Waals surface area contributed by atoms with Gasteiger partial charge in [0.05, 0.1) is 29.1 Å². The van der Waals surface area contributed by atoms with Crippen molar-refractivity contribution in [2.45, 2.75) is 82.2 Å². The van der Waals surface area contributed by atoms with E-state index >= 15 is 0 Å². The second-order valence-electron chi connectivity index (χ2n) is 8.63. The van der Waals surface area contributed by atoms with Crippen LogP contribution in [0.1, 0.15) is 75.4 Å². The van der Waals surface area contributed by atoms with E-state index in [4.69, 9.17) is 4.52 Å². The predicted octanol–water partition coefficient (Wildman–Crippen LogP) is 3.83. The Balaban J connectivity index is 1.73. The van der Waals surface area contributed by atoms with Gasteiger partial charge in [-0.25, -0.2) is 0 Å². The van der Waals surface area contributed by atoms with Gasteiger partial charge in [-0.2, -0.15) is 18.3 Å². The minimum Gasteiger partial charge on any atom is -0.390 e. The van der Waals surface area contributed by atoms with Gasteiger partial charge in [-0.15, -0.1) is 0 Å². The molecule has 0 saturated heterocycles. The smallest absolute Gasteiger partial charge is 0.390 e. The molecule has 2 atom stereocenters. The first-order valence-corrected chi connectivity index (χ1v) is 9.50. The summed E-state index contributed by atoms with van der Waals surface area (Å²) < 4.78 is 47.2. The van der Waals surface area contributed by atoms with E-state index in [0.29, 0.717) is 37.3 Å². The van der Waals surface area contributed by atoms with Gasteiger partial charge in [-0.3, -0.25) is 4.68 Å². The summed E-state index contributed by atoms with van der Waals surface area (Å²) >= 11 is 0. The van der Waals surface area contributed by atoms with Gasteiger partial charge in [0.2, 0.25) is 5.60 Å². The maximum atomic E-state index is 13.3. The zero-order valence-electron chi connectivity index (χ0n) is 16.0. The third-order valence-corrected chi connectivity index (χ3v) is 6.25. The number of fused-ring (bicyclic) bond motifs is 3. The molecule has 6 nitrogen and oxygen atoms in total. The number of halogens is 3. The fourth-order valence-electron chi connectivity index (χ4n) is 4.39. The fourth-order valence-corrected chi connectivity index (χ4v) is 4.39. The summed E-state index contributed by atoms with van der Waals surface area (Å²) in [6.45, 7) is 4.33. The molecule has 2 N–H and O–H groups in total. The lowest BCUT2D eigenvalue weighted by atomic mass is 9.81. The molecule has 0 unspecified atom stereocenters. The Morgan fingerprint density at radius 3 is 2.54 bits per heavy atom. The Bertz CT molecular complexity index is 888. The van der Waals surface area contributed by atoms with Crippen LogP contribution in [0.5, 0.6) is 0 Å². The first-order valence-electron chi connectivity index (χ1n) is 9.50. The van der Waals surface area contributed by atoms with Crippen LogP contribution in [-0.2, 0) is 12.0 Å². The predicted molar refractivity (Wildman–Crippen MR) is 93.6 cm³/mol. The van der Waals surface area contributed by atoms with E-state index < -0.39 is 23.1 Å². The summed E-state index contributed by atoms with van der Waals surface area (Å²) in [5.74, 6) is -0.0537. The minimum absolute atomic E-state index is 0.137. The molecule has 4 rings (SSSR count). The second kappa shape index (κ2) is 6.06. The van der Waals surface area contributed by atoms with E-state index in [2.05, 4.69) is 10.3 Å². The van der Waals surface area contributed by atoms with Crippen molar-refractivity contribution >= 4 is 0 Å². The molecule has 0 spiro atoms. The monoisotopic (exact) mass is 399 g/mol. The van der Waals surface area contributed by atoms with Gasteiger partial charge in [0.25, 0.3) is 0 Å². The quantitative estimate of drug-likeness (QED) is 0.802. The first kappa shape index (κ1) is 19.4. The molecule has 9 heteroatoms. The molecule has 0 aliphatic heterocycles. The second-order valence-corrected chi connectivity index (χ2v) is 8.63. The third-order valence-electron chi connectivity index (χ3n) is 6.25. The highest BCUT2D eigenvalue weighted by Gasteiger charge is 2.55. The van der Waals surface area contributed by atoms with Crippen molar-refractivity contribution in [2.75, 3.05) is 0 Å². The van der Waals surface area contributed by atoms with Gasteiger partial charge < -0.3 is 14.7 Å². The molecule has 28 heavy (non-hydrogen) atoms. The number of nitrogens with zero attached hydrogens (tertiary/aromatic N) is 3. The molecule has 0 amide bonds. The van der Waals surface area contributed by atoms with E-state index in [1.54, 1.807) is 13.1 Å². The number of aliphatic hydroxyl groups is 2. The van der Waals surface area contributed by atoms with E-state index in [1.807, 2.05) is 11.6 Å². The number of hydrogen-bond donors (Lipinski definition) is 2. The van der Waals surface area contributed by atoms with Crippen LogP contribution in [0.3, 0.4) is 0 Å². The lowest BCUT2D eigenvalue weighted by Crippen LogP contribution is -2.40. The molecule has 0 aromatic carbocycles. The van der Waals surface area contributed by atoms with Gasteiger partial charge in [0, 0.05) is 5.56 Å². The van der Waals surface area contributed by atoms with Crippen LogP contribution < -0.4 is 0 Å². The van der Waals surface area contributed by atoms with Gasteiger partial charge in [0.1, 0.15) is 5.69 Å². The average Bonchev–Trinajstić information content (AvgIpc) is 3.18. The largest absolute Gasteiger partial charge is 0.422 e. The van der Waals surface area contributed by atoms with E-state index in [0.717, 1.165) is 18.5 Å². The van der Waals surface area contributed by atoms with Gasteiger partial charge in [0.15, 0.2) is 5.76 Å². The van der Waals surface area contributed by atoms with E-state index in [1.165, 1.54) is 0 Å². The highest BCUT2D eigenvalue weighted by molar-refractivity contribution is 5.68. The van der Waals surface area contributed by atoms with Crippen molar-refractivity contribution in [1.29, 1.82) is 0 Å². The summed E-state index contributed by atoms with van der Waals surface area (Å²) in [5.41, 5.74) is -2.40. The molecule has 2 heterocycles. The molecule has 0 bridgehead atoms. The first-order chi connectivity index (χ1) is 12.9. The Morgan fingerprint density at radius 2 is 1.93 bits per heavy atom. The Morgan fingerprint density at radius 1 is 1.29 bits per heavy atom. The van der Waals surface area contributed by atoms with Crippen LogP contribution in [0.25, 0.3) is 11.3 Å². The summed E-state index contributed by atoms with van der Waals surface area (Å²) in [6, 6.07) is 0.137. The molecular formula is C19H24F3N3O3. The van der Waals surface area contributed by atoms with Gasteiger partial charge in [-0.1, -0.05) is 12.1 Å². The van der Waals surface area contributed by atoms with Crippen molar-refractivity contribution in [1.82, 2.24) is 14.9 Å². The molecule has 1 fully saturated rings. The van der Waals surface area contributed by atoms with Gasteiger partial charge in [-0.05, 0) is 51.9 Å². The zero-order valence-corrected chi connectivity index (χ0v) is 16.0. The molecule has 154 valence electrons. The van der Waals surface area contributed by atoms with Crippen LogP contribution in [0.15, 0.2) is 10.7 Å². The maximum absolute atomic E-state index is 13.3. The van der Waals surface area contributed by atoms with Crippen LogP contribution in [-0.4, -0.2) is 36.9 Å². The standard InChI is InChI=1S/C19H24F3N3O3/c1-10-8-13-12(9-23-25(13)11-4-6-17(2,26)7-5-11)15-14(10)16(24-28-15)18(3,27)19(20,21)22/h9-11,26-27H,4-8H2,1-3H3/t10-,11?,17?,18+/m0/s1. The van der Waals surface area contributed by atoms with Crippen molar-refractivity contribution in [3.8, 4) is 11.3 Å². The van der Waals surface area contributed by atoms with Crippen molar-refractivity contribution in [3.63, 3.8) is 0 Å². The summed E-state index contributed by atoms with van der Waals surface area (Å²) in [5, 5.41) is 28.4. The summed E-state index contributed by atoms with van der Waals surface area (Å²) in [6.07, 6.45) is 0.143. The van der Waals surface area contributed by atoms with Crippen molar-refractivity contribution in [3.05, 3.63) is 23.1 Å². The Labute approximate surface area is 160 Å². The highest BCUT2D eigenvalue weighted by Crippen LogP contribution is 2.48. The third kappa shape index (κ3) is 2.86. The topological polar surface area (TPSA) is 84.3 Å². The SMILES string of the molecule is C[C@H]1Cc2c(cnn2C2CCC(C)(O)CC2)-c2onc([C@@](C)(O)C(F)(F)F)c21. The van der Waals surface area contributed by atoms with Crippen molar-refractivity contribution in [2.24, 2.45) is 0 Å². The van der Waals surface area contributed by atoms with E-state index in [-0.39, 0.29) is 17.7 Å². The molecule has 2 aromatic rings. The molecule has 1 saturated carbocycles. The van der Waals surface area contributed by atoms with Crippen LogP contribution in [0, 0.1) is 0 Å². The summed E-state index contributed by atoms with van der Waals surface area (Å²) in [7, 11) is 0.